The van der Waals surface area contributed by atoms with Crippen molar-refractivity contribution in [2.45, 2.75) is 19.9 Å². The Kier molecular flexibility index (Phi) is 7.80. The maximum absolute atomic E-state index is 12.2. The van der Waals surface area contributed by atoms with Crippen molar-refractivity contribution < 1.29 is 14.3 Å². The highest BCUT2D eigenvalue weighted by Crippen LogP contribution is 2.21. The summed E-state index contributed by atoms with van der Waals surface area (Å²) >= 11 is 11.1. The quantitative estimate of drug-likeness (QED) is 0.422. The fourth-order valence-electron chi connectivity index (χ4n) is 2.83. The van der Waals surface area contributed by atoms with Crippen molar-refractivity contribution in [2.24, 2.45) is 0 Å². The smallest absolute Gasteiger partial charge is 0.243 e. The van der Waals surface area contributed by atoms with Crippen LogP contribution in [0.15, 0.2) is 48.5 Å². The summed E-state index contributed by atoms with van der Waals surface area (Å²) in [7, 11) is 0. The van der Waals surface area contributed by atoms with Crippen molar-refractivity contribution in [1.29, 1.82) is 0 Å². The molecule has 1 heterocycles. The molecule has 0 saturated carbocycles. The molecule has 0 saturated heterocycles. The summed E-state index contributed by atoms with van der Waals surface area (Å²) in [6.45, 7) is 2.70. The fraction of sp³-hybridized carbons (Fsp3) is 0.238. The Bertz CT molecular complexity index is 1090. The van der Waals surface area contributed by atoms with Crippen LogP contribution in [0.4, 0.5) is 5.69 Å². The molecule has 3 rings (SSSR count). The number of hydrogen-bond donors (Lipinski definition) is 3. The summed E-state index contributed by atoms with van der Waals surface area (Å²) in [6, 6.07) is 14.2. The second-order valence-corrected chi connectivity index (χ2v) is 7.37. The van der Waals surface area contributed by atoms with E-state index in [0.717, 1.165) is 11.3 Å². The zero-order valence-corrected chi connectivity index (χ0v) is 18.4. The van der Waals surface area contributed by atoms with Crippen LogP contribution in [0.25, 0.3) is 11.4 Å². The van der Waals surface area contributed by atoms with Gasteiger partial charge < -0.3 is 15.4 Å². The van der Waals surface area contributed by atoms with Crippen LogP contribution in [0.5, 0.6) is 5.75 Å². The van der Waals surface area contributed by atoms with E-state index in [1.807, 2.05) is 31.2 Å². The number of carbonyl (C=O) groups excluding carboxylic acids is 2. The maximum Gasteiger partial charge on any atom is 0.243 e. The second kappa shape index (κ2) is 10.7. The van der Waals surface area contributed by atoms with Crippen LogP contribution in [-0.4, -0.2) is 39.7 Å². The van der Waals surface area contributed by atoms with Crippen molar-refractivity contribution in [3.8, 4) is 17.1 Å². The molecule has 0 aliphatic carbocycles. The van der Waals surface area contributed by atoms with Gasteiger partial charge in [0.15, 0.2) is 10.6 Å². The number of nitrogens with one attached hydrogen (secondary N) is 3. The highest BCUT2D eigenvalue weighted by atomic mass is 35.5. The molecule has 0 fully saturated rings. The van der Waals surface area contributed by atoms with Gasteiger partial charge in [0.2, 0.25) is 11.8 Å². The molecule has 2 amide bonds. The molecule has 3 N–H and O–H groups in total. The summed E-state index contributed by atoms with van der Waals surface area (Å²) < 4.78 is 7.62. The van der Waals surface area contributed by atoms with E-state index in [1.54, 1.807) is 28.8 Å². The van der Waals surface area contributed by atoms with Crippen molar-refractivity contribution in [1.82, 2.24) is 20.1 Å². The second-order valence-electron chi connectivity index (χ2n) is 6.54. The van der Waals surface area contributed by atoms with Gasteiger partial charge in [0, 0.05) is 29.2 Å². The van der Waals surface area contributed by atoms with Gasteiger partial charge >= 0.3 is 0 Å². The third-order valence-corrected chi connectivity index (χ3v) is 4.88. The van der Waals surface area contributed by atoms with Gasteiger partial charge in [0.25, 0.3) is 0 Å². The molecular weight excluding hydrogens is 438 g/mol. The number of halogens is 1. The van der Waals surface area contributed by atoms with E-state index in [-0.39, 0.29) is 24.8 Å². The van der Waals surface area contributed by atoms with E-state index in [0.29, 0.717) is 34.5 Å². The predicted molar refractivity (Wildman–Crippen MR) is 122 cm³/mol. The molecule has 0 aliphatic rings. The Morgan fingerprint density at radius 1 is 1.13 bits per heavy atom. The molecule has 31 heavy (non-hydrogen) atoms. The van der Waals surface area contributed by atoms with Gasteiger partial charge in [-0.1, -0.05) is 11.6 Å². The highest BCUT2D eigenvalue weighted by Gasteiger charge is 2.12. The van der Waals surface area contributed by atoms with Crippen LogP contribution < -0.4 is 15.4 Å². The normalized spacial score (nSPS) is 10.5. The third-order valence-electron chi connectivity index (χ3n) is 4.32. The van der Waals surface area contributed by atoms with Gasteiger partial charge in [0.1, 0.15) is 5.75 Å². The molecule has 2 aromatic carbocycles. The first-order valence-corrected chi connectivity index (χ1v) is 10.5. The van der Waals surface area contributed by atoms with Crippen molar-refractivity contribution in [3.05, 3.63) is 58.3 Å². The van der Waals surface area contributed by atoms with E-state index >= 15 is 0 Å². The van der Waals surface area contributed by atoms with Crippen LogP contribution in [0.2, 0.25) is 5.02 Å². The van der Waals surface area contributed by atoms with Gasteiger partial charge in [-0.2, -0.15) is 5.10 Å². The summed E-state index contributed by atoms with van der Waals surface area (Å²) in [5, 5.41) is 12.9. The van der Waals surface area contributed by atoms with E-state index in [4.69, 9.17) is 28.6 Å². The Hall–Kier alpha value is -3.17. The van der Waals surface area contributed by atoms with Crippen molar-refractivity contribution in [2.75, 3.05) is 18.5 Å². The molecule has 8 nitrogen and oxygen atoms in total. The number of benzene rings is 2. The first-order valence-electron chi connectivity index (χ1n) is 9.67. The molecule has 0 radical (unpaired) electrons. The summed E-state index contributed by atoms with van der Waals surface area (Å²) in [5.74, 6) is 0.794. The molecule has 0 unspecified atom stereocenters. The summed E-state index contributed by atoms with van der Waals surface area (Å²) in [4.78, 5) is 24.2. The van der Waals surface area contributed by atoms with E-state index < -0.39 is 0 Å². The van der Waals surface area contributed by atoms with Gasteiger partial charge in [-0.25, -0.2) is 0 Å². The third kappa shape index (κ3) is 6.40. The Balaban J connectivity index is 1.53. The summed E-state index contributed by atoms with van der Waals surface area (Å²) in [5.41, 5.74) is 1.45. The number of aromatic nitrogens is 3. The fourth-order valence-corrected chi connectivity index (χ4v) is 3.18. The number of ether oxygens (including phenoxy) is 1. The molecule has 10 heteroatoms. The number of rotatable bonds is 9. The molecule has 3 aromatic rings. The number of nitrogens with zero attached hydrogens (tertiary/aromatic N) is 2. The number of anilines is 1. The molecular formula is C21H22ClN5O3S. The minimum absolute atomic E-state index is 0.135. The first-order chi connectivity index (χ1) is 15.0. The van der Waals surface area contributed by atoms with Gasteiger partial charge in [0.05, 0.1) is 13.2 Å². The predicted octanol–water partition coefficient (Wildman–Crippen LogP) is 3.80. The SMILES string of the molecule is CCOc1ccc(-c2n[nH]c(=S)n2CCC(=O)NCC(=O)Nc2ccc(Cl)cc2)cc1. The maximum atomic E-state index is 12.2. The van der Waals surface area contributed by atoms with Gasteiger partial charge in [-0.3, -0.25) is 19.3 Å². The van der Waals surface area contributed by atoms with Crippen LogP contribution in [0.3, 0.4) is 0 Å². The Morgan fingerprint density at radius 2 is 1.84 bits per heavy atom. The van der Waals surface area contributed by atoms with E-state index in [9.17, 15) is 9.59 Å². The molecule has 162 valence electrons. The van der Waals surface area contributed by atoms with Crippen LogP contribution >= 0.6 is 23.8 Å². The lowest BCUT2D eigenvalue weighted by molar-refractivity contribution is -0.124. The lowest BCUT2D eigenvalue weighted by Crippen LogP contribution is -2.33. The molecule has 0 bridgehead atoms. The van der Waals surface area contributed by atoms with E-state index in [2.05, 4.69) is 20.8 Å². The molecule has 1 aromatic heterocycles. The minimum Gasteiger partial charge on any atom is -0.494 e. The highest BCUT2D eigenvalue weighted by molar-refractivity contribution is 7.71. The van der Waals surface area contributed by atoms with Crippen molar-refractivity contribution in [3.63, 3.8) is 0 Å². The van der Waals surface area contributed by atoms with Crippen molar-refractivity contribution >= 4 is 41.3 Å². The van der Waals surface area contributed by atoms with Gasteiger partial charge in [-0.15, -0.1) is 0 Å². The largest absolute Gasteiger partial charge is 0.494 e. The first kappa shape index (κ1) is 22.5. The molecule has 0 spiro atoms. The monoisotopic (exact) mass is 459 g/mol. The minimum atomic E-state index is -0.328. The van der Waals surface area contributed by atoms with Crippen LogP contribution in [-0.2, 0) is 16.1 Å². The van der Waals surface area contributed by atoms with Crippen LogP contribution in [0.1, 0.15) is 13.3 Å². The molecule has 0 atom stereocenters. The topological polar surface area (TPSA) is 101 Å². The Labute approximate surface area is 189 Å². The number of H-pyrrole nitrogens is 1. The number of carbonyl (C=O) groups is 2. The lowest BCUT2D eigenvalue weighted by atomic mass is 10.2. The molecule has 0 aliphatic heterocycles. The van der Waals surface area contributed by atoms with Gasteiger partial charge in [-0.05, 0) is 67.7 Å². The van der Waals surface area contributed by atoms with E-state index in [1.165, 1.54) is 0 Å². The lowest BCUT2D eigenvalue weighted by Gasteiger charge is -2.09. The number of amides is 2. The zero-order valence-electron chi connectivity index (χ0n) is 16.9. The van der Waals surface area contributed by atoms with Crippen LogP contribution in [0, 0.1) is 4.77 Å². The summed E-state index contributed by atoms with van der Waals surface area (Å²) in [6.07, 6.45) is 0.145. The standard InChI is InChI=1S/C21H22ClN5O3S/c1-2-30-17-9-3-14(4-10-17)20-25-26-21(31)27(20)12-11-18(28)23-13-19(29)24-16-7-5-15(22)6-8-16/h3-10H,2,11-13H2,1H3,(H,23,28)(H,24,29)(H,26,31). The number of hydrogen-bond acceptors (Lipinski definition) is 5. The average Bonchev–Trinajstić information content (AvgIpc) is 3.13. The number of aromatic amines is 1. The Morgan fingerprint density at radius 3 is 2.52 bits per heavy atom. The average molecular weight is 460 g/mol. The zero-order chi connectivity index (χ0) is 22.2.